The molecule has 142 valence electrons. The molecule has 1 aliphatic rings. The number of halogens is 1. The Morgan fingerprint density at radius 1 is 1.28 bits per heavy atom. The first-order valence-electron chi connectivity index (χ1n) is 8.47. The number of hydrogen-bond acceptors (Lipinski definition) is 5. The zero-order chi connectivity index (χ0) is 17.4. The molecule has 25 heavy (non-hydrogen) atoms. The van der Waals surface area contributed by atoms with Crippen molar-refractivity contribution in [3.63, 3.8) is 0 Å². The Morgan fingerprint density at radius 3 is 2.60 bits per heavy atom. The first-order valence-corrected chi connectivity index (χ1v) is 8.47. The Hall–Kier alpha value is -1.50. The van der Waals surface area contributed by atoms with E-state index in [-0.39, 0.29) is 24.2 Å². The van der Waals surface area contributed by atoms with Gasteiger partial charge in [0.2, 0.25) is 5.91 Å². The first-order chi connectivity index (χ1) is 11.7. The standard InChI is InChI=1S/C18H28N2O4.ClH/c1-22-15-6-5-13(12-16(15)23-2)4-3-9-20-18(21)17(19)14-7-10-24-11-8-14;/h5-6,12,14,17H,3-4,7-11,19H2,1-2H3,(H,20,21);1H. The van der Waals surface area contributed by atoms with Gasteiger partial charge in [0.25, 0.3) is 0 Å². The van der Waals surface area contributed by atoms with Gasteiger partial charge < -0.3 is 25.3 Å². The van der Waals surface area contributed by atoms with Crippen LogP contribution in [0, 0.1) is 5.92 Å². The summed E-state index contributed by atoms with van der Waals surface area (Å²) < 4.78 is 15.8. The highest BCUT2D eigenvalue weighted by Crippen LogP contribution is 2.27. The highest BCUT2D eigenvalue weighted by molar-refractivity contribution is 5.85. The van der Waals surface area contributed by atoms with Crippen molar-refractivity contribution in [1.82, 2.24) is 5.32 Å². The van der Waals surface area contributed by atoms with E-state index in [9.17, 15) is 4.79 Å². The van der Waals surface area contributed by atoms with Gasteiger partial charge in [0, 0.05) is 19.8 Å². The van der Waals surface area contributed by atoms with Gasteiger partial charge in [-0.2, -0.15) is 0 Å². The molecule has 1 aromatic rings. The fourth-order valence-electron chi connectivity index (χ4n) is 2.95. The predicted octanol–water partition coefficient (Wildman–Crippen LogP) is 1.93. The van der Waals surface area contributed by atoms with Gasteiger partial charge in [-0.1, -0.05) is 6.07 Å². The molecule has 1 heterocycles. The molecule has 0 saturated carbocycles. The zero-order valence-corrected chi connectivity index (χ0v) is 15.8. The van der Waals surface area contributed by atoms with Crippen LogP contribution in [-0.2, 0) is 16.0 Å². The van der Waals surface area contributed by atoms with Crippen LogP contribution >= 0.6 is 12.4 Å². The van der Waals surface area contributed by atoms with E-state index in [1.165, 1.54) is 0 Å². The number of ether oxygens (including phenoxy) is 3. The highest BCUT2D eigenvalue weighted by Gasteiger charge is 2.26. The van der Waals surface area contributed by atoms with Crippen LogP contribution in [0.3, 0.4) is 0 Å². The Kier molecular flexibility index (Phi) is 9.63. The molecule has 1 amide bonds. The second kappa shape index (κ2) is 11.2. The summed E-state index contributed by atoms with van der Waals surface area (Å²) in [4.78, 5) is 12.1. The van der Waals surface area contributed by atoms with Gasteiger partial charge in [0.1, 0.15) is 0 Å². The Balaban J connectivity index is 0.00000312. The molecule has 1 aromatic carbocycles. The molecule has 0 aromatic heterocycles. The molecule has 1 aliphatic heterocycles. The van der Waals surface area contributed by atoms with E-state index in [2.05, 4.69) is 5.32 Å². The SMILES string of the molecule is COc1ccc(CCCNC(=O)C(N)C2CCOCC2)cc1OC.Cl. The van der Waals surface area contributed by atoms with Gasteiger partial charge in [-0.3, -0.25) is 4.79 Å². The molecule has 3 N–H and O–H groups in total. The number of carbonyl (C=O) groups excluding carboxylic acids is 1. The second-order valence-electron chi connectivity index (χ2n) is 6.06. The van der Waals surface area contributed by atoms with Crippen LogP contribution < -0.4 is 20.5 Å². The molecule has 7 heteroatoms. The fraction of sp³-hybridized carbons (Fsp3) is 0.611. The van der Waals surface area contributed by atoms with Crippen molar-refractivity contribution in [3.05, 3.63) is 23.8 Å². The summed E-state index contributed by atoms with van der Waals surface area (Å²) in [5, 5.41) is 2.94. The van der Waals surface area contributed by atoms with Crippen LogP contribution in [0.4, 0.5) is 0 Å². The third-order valence-electron chi connectivity index (χ3n) is 4.47. The van der Waals surface area contributed by atoms with Gasteiger partial charge in [0.05, 0.1) is 20.3 Å². The van der Waals surface area contributed by atoms with Crippen molar-refractivity contribution in [1.29, 1.82) is 0 Å². The maximum absolute atomic E-state index is 12.1. The number of nitrogens with one attached hydrogen (secondary N) is 1. The molecule has 2 rings (SSSR count). The molecule has 0 radical (unpaired) electrons. The van der Waals surface area contributed by atoms with Crippen molar-refractivity contribution in [2.45, 2.75) is 31.7 Å². The maximum Gasteiger partial charge on any atom is 0.237 e. The minimum absolute atomic E-state index is 0. The molecule has 0 aliphatic carbocycles. The smallest absolute Gasteiger partial charge is 0.237 e. The zero-order valence-electron chi connectivity index (χ0n) is 15.0. The van der Waals surface area contributed by atoms with Crippen LogP contribution in [0.25, 0.3) is 0 Å². The van der Waals surface area contributed by atoms with Crippen LogP contribution in [0.2, 0.25) is 0 Å². The summed E-state index contributed by atoms with van der Waals surface area (Å²) in [6.07, 6.45) is 3.43. The van der Waals surface area contributed by atoms with Crippen molar-refractivity contribution in [2.24, 2.45) is 11.7 Å². The van der Waals surface area contributed by atoms with Gasteiger partial charge in [-0.05, 0) is 49.3 Å². The number of amides is 1. The number of hydrogen-bond donors (Lipinski definition) is 2. The molecule has 1 fully saturated rings. The van der Waals surface area contributed by atoms with Crippen molar-refractivity contribution in [2.75, 3.05) is 34.0 Å². The number of aryl methyl sites for hydroxylation is 1. The summed E-state index contributed by atoms with van der Waals surface area (Å²) in [7, 11) is 3.24. The third kappa shape index (κ3) is 6.38. The fourth-order valence-corrected chi connectivity index (χ4v) is 2.95. The Morgan fingerprint density at radius 2 is 1.96 bits per heavy atom. The number of rotatable bonds is 8. The number of methoxy groups -OCH3 is 2. The third-order valence-corrected chi connectivity index (χ3v) is 4.47. The monoisotopic (exact) mass is 372 g/mol. The molecule has 6 nitrogen and oxygen atoms in total. The molecule has 1 unspecified atom stereocenters. The maximum atomic E-state index is 12.1. The van der Waals surface area contributed by atoms with Crippen molar-refractivity contribution >= 4 is 18.3 Å². The first kappa shape index (κ1) is 21.5. The number of nitrogens with two attached hydrogens (primary N) is 1. The van der Waals surface area contributed by atoms with E-state index >= 15 is 0 Å². The van der Waals surface area contributed by atoms with E-state index in [0.717, 1.165) is 42.7 Å². The molecule has 0 bridgehead atoms. The normalized spacial score (nSPS) is 15.8. The number of carbonyl (C=O) groups is 1. The Labute approximate surface area is 155 Å². The second-order valence-corrected chi connectivity index (χ2v) is 6.06. The lowest BCUT2D eigenvalue weighted by molar-refractivity contribution is -0.124. The topological polar surface area (TPSA) is 82.8 Å². The highest BCUT2D eigenvalue weighted by atomic mass is 35.5. The average molecular weight is 373 g/mol. The van der Waals surface area contributed by atoms with Crippen molar-refractivity contribution in [3.8, 4) is 11.5 Å². The van der Waals surface area contributed by atoms with E-state index in [0.29, 0.717) is 19.8 Å². The lowest BCUT2D eigenvalue weighted by atomic mass is 9.92. The van der Waals surface area contributed by atoms with Crippen molar-refractivity contribution < 1.29 is 19.0 Å². The molecule has 0 spiro atoms. The molecule has 1 atom stereocenters. The van der Waals surface area contributed by atoms with E-state index in [4.69, 9.17) is 19.9 Å². The van der Waals surface area contributed by atoms with Gasteiger partial charge in [-0.25, -0.2) is 0 Å². The van der Waals surface area contributed by atoms with Crippen LogP contribution in [0.15, 0.2) is 18.2 Å². The molecular formula is C18H29ClN2O4. The number of benzene rings is 1. The van der Waals surface area contributed by atoms with Gasteiger partial charge >= 0.3 is 0 Å². The summed E-state index contributed by atoms with van der Waals surface area (Å²) in [5.74, 6) is 1.61. The summed E-state index contributed by atoms with van der Waals surface area (Å²) in [5.41, 5.74) is 7.21. The lowest BCUT2D eigenvalue weighted by Gasteiger charge is -2.26. The van der Waals surface area contributed by atoms with Gasteiger partial charge in [-0.15, -0.1) is 12.4 Å². The summed E-state index contributed by atoms with van der Waals surface area (Å²) in [6, 6.07) is 5.44. The van der Waals surface area contributed by atoms with Crippen LogP contribution in [-0.4, -0.2) is 45.9 Å². The minimum Gasteiger partial charge on any atom is -0.493 e. The summed E-state index contributed by atoms with van der Waals surface area (Å²) in [6.45, 7) is 2.01. The van der Waals surface area contributed by atoms with E-state index < -0.39 is 6.04 Å². The Bertz CT molecular complexity index is 536. The quantitative estimate of drug-likeness (QED) is 0.681. The summed E-state index contributed by atoms with van der Waals surface area (Å²) >= 11 is 0. The molecular weight excluding hydrogens is 344 g/mol. The van der Waals surface area contributed by atoms with E-state index in [1.807, 2.05) is 18.2 Å². The average Bonchev–Trinajstić information content (AvgIpc) is 2.64. The van der Waals surface area contributed by atoms with Crippen LogP contribution in [0.5, 0.6) is 11.5 Å². The molecule has 1 saturated heterocycles. The largest absolute Gasteiger partial charge is 0.493 e. The predicted molar refractivity (Wildman–Crippen MR) is 99.6 cm³/mol. The van der Waals surface area contributed by atoms with Crippen LogP contribution in [0.1, 0.15) is 24.8 Å². The van der Waals surface area contributed by atoms with E-state index in [1.54, 1.807) is 14.2 Å². The van der Waals surface area contributed by atoms with Gasteiger partial charge in [0.15, 0.2) is 11.5 Å². The minimum atomic E-state index is -0.435. The lowest BCUT2D eigenvalue weighted by Crippen LogP contribution is -2.47.